The van der Waals surface area contributed by atoms with Crippen molar-refractivity contribution in [1.29, 1.82) is 0 Å². The zero-order chi connectivity index (χ0) is 22.1. The van der Waals surface area contributed by atoms with Crippen LogP contribution in [0.15, 0.2) is 60.7 Å². The third kappa shape index (κ3) is 7.49. The molecule has 1 fully saturated rings. The van der Waals surface area contributed by atoms with Gasteiger partial charge in [-0.05, 0) is 23.6 Å². The van der Waals surface area contributed by atoms with Crippen molar-refractivity contribution < 1.29 is 19.1 Å². The molecule has 1 aliphatic heterocycles. The number of hydrogen-bond donors (Lipinski definition) is 1. The summed E-state index contributed by atoms with van der Waals surface area (Å²) >= 11 is 0. The molecule has 1 heterocycles. The Kier molecular flexibility index (Phi) is 8.62. The predicted molar refractivity (Wildman–Crippen MR) is 120 cm³/mol. The molecule has 0 aromatic heterocycles. The maximum atomic E-state index is 12.7. The van der Waals surface area contributed by atoms with E-state index >= 15 is 0 Å². The molecule has 6 nitrogen and oxygen atoms in total. The summed E-state index contributed by atoms with van der Waals surface area (Å²) in [5, 5.41) is 2.97. The molecule has 0 saturated carbocycles. The number of nitrogens with one attached hydrogen (secondary N) is 1. The van der Waals surface area contributed by atoms with Gasteiger partial charge < -0.3 is 14.8 Å². The minimum absolute atomic E-state index is 0.0605. The van der Waals surface area contributed by atoms with Crippen molar-refractivity contribution in [2.45, 2.75) is 32.4 Å². The second-order valence-corrected chi connectivity index (χ2v) is 8.34. The Hall–Kier alpha value is -2.70. The second-order valence-electron chi connectivity index (χ2n) is 8.34. The third-order valence-electron chi connectivity index (χ3n) is 5.19. The zero-order valence-electron chi connectivity index (χ0n) is 18.3. The van der Waals surface area contributed by atoms with Crippen LogP contribution in [-0.2, 0) is 14.3 Å². The minimum atomic E-state index is -0.467. The molecule has 1 aliphatic rings. The molecule has 0 spiro atoms. The Morgan fingerprint density at radius 3 is 2.45 bits per heavy atom. The quantitative estimate of drug-likeness (QED) is 0.625. The highest BCUT2D eigenvalue weighted by Crippen LogP contribution is 2.19. The maximum Gasteiger partial charge on any atom is 0.308 e. The highest BCUT2D eigenvalue weighted by molar-refractivity contribution is 5.94. The van der Waals surface area contributed by atoms with E-state index < -0.39 is 6.04 Å². The van der Waals surface area contributed by atoms with Crippen LogP contribution in [0.3, 0.4) is 0 Å². The fourth-order valence-corrected chi connectivity index (χ4v) is 3.74. The summed E-state index contributed by atoms with van der Waals surface area (Å²) in [6, 6.07) is 18.0. The molecule has 3 rings (SSSR count). The van der Waals surface area contributed by atoms with Crippen LogP contribution in [-0.4, -0.2) is 55.7 Å². The summed E-state index contributed by atoms with van der Waals surface area (Å²) in [6.45, 7) is 7.93. The number of hydrogen-bond acceptors (Lipinski definition) is 5. The number of carbonyl (C=O) groups is 2. The Balaban J connectivity index is 1.56. The van der Waals surface area contributed by atoms with E-state index in [2.05, 4.69) is 24.1 Å². The van der Waals surface area contributed by atoms with E-state index in [4.69, 9.17) is 9.47 Å². The van der Waals surface area contributed by atoms with Crippen LogP contribution < -0.4 is 5.32 Å². The molecule has 2 unspecified atom stereocenters. The number of esters is 1. The Morgan fingerprint density at radius 2 is 1.77 bits per heavy atom. The lowest BCUT2D eigenvalue weighted by molar-refractivity contribution is -0.151. The molecule has 31 heavy (non-hydrogen) atoms. The first-order valence-corrected chi connectivity index (χ1v) is 10.9. The fourth-order valence-electron chi connectivity index (χ4n) is 3.74. The van der Waals surface area contributed by atoms with E-state index in [0.717, 1.165) is 25.2 Å². The lowest BCUT2D eigenvalue weighted by Gasteiger charge is -2.33. The van der Waals surface area contributed by atoms with Gasteiger partial charge >= 0.3 is 5.97 Å². The van der Waals surface area contributed by atoms with Gasteiger partial charge in [-0.2, -0.15) is 0 Å². The van der Waals surface area contributed by atoms with Gasteiger partial charge in [0.1, 0.15) is 12.7 Å². The van der Waals surface area contributed by atoms with Crippen molar-refractivity contribution in [1.82, 2.24) is 10.2 Å². The Bertz CT molecular complexity index is 826. The largest absolute Gasteiger partial charge is 0.463 e. The van der Waals surface area contributed by atoms with Gasteiger partial charge in [0, 0.05) is 25.2 Å². The number of amides is 1. The first kappa shape index (κ1) is 23.0. The number of morpholine rings is 1. The molecule has 6 heteroatoms. The van der Waals surface area contributed by atoms with Gasteiger partial charge in [0.2, 0.25) is 0 Å². The van der Waals surface area contributed by atoms with E-state index in [9.17, 15) is 9.59 Å². The van der Waals surface area contributed by atoms with Crippen LogP contribution in [0.25, 0.3) is 0 Å². The first-order valence-electron chi connectivity index (χ1n) is 10.9. The molecule has 0 radical (unpaired) electrons. The van der Waals surface area contributed by atoms with Crippen LogP contribution in [0.4, 0.5) is 0 Å². The summed E-state index contributed by atoms with van der Waals surface area (Å²) in [7, 11) is 0. The van der Waals surface area contributed by atoms with Crippen LogP contribution in [0, 0.1) is 5.92 Å². The van der Waals surface area contributed by atoms with Crippen molar-refractivity contribution in [3.05, 3.63) is 71.8 Å². The summed E-state index contributed by atoms with van der Waals surface area (Å²) in [4.78, 5) is 27.6. The monoisotopic (exact) mass is 424 g/mol. The summed E-state index contributed by atoms with van der Waals surface area (Å²) in [5.74, 6) is 0.00940. The Morgan fingerprint density at radius 1 is 1.10 bits per heavy atom. The van der Waals surface area contributed by atoms with Crippen molar-refractivity contribution in [2.75, 3.05) is 32.8 Å². The molecule has 2 aromatic rings. The SMILES string of the molecule is CC(C)CN1CCOC(COC(=O)CC(NC(=O)c2ccccc2)c2ccccc2)C1. The molecular weight excluding hydrogens is 392 g/mol. The lowest BCUT2D eigenvalue weighted by atomic mass is 10.0. The normalized spacial score (nSPS) is 17.8. The molecule has 0 aliphatic carbocycles. The van der Waals surface area contributed by atoms with Crippen LogP contribution >= 0.6 is 0 Å². The van der Waals surface area contributed by atoms with Gasteiger partial charge in [0.15, 0.2) is 0 Å². The zero-order valence-corrected chi connectivity index (χ0v) is 18.3. The standard InChI is InChI=1S/C25H32N2O4/c1-19(2)16-27-13-14-30-22(17-27)18-31-24(28)15-23(20-9-5-3-6-10-20)26-25(29)21-11-7-4-8-12-21/h3-12,19,22-23H,13-18H2,1-2H3,(H,26,29). The van der Waals surface area contributed by atoms with Crippen molar-refractivity contribution >= 4 is 11.9 Å². The fraction of sp³-hybridized carbons (Fsp3) is 0.440. The number of nitrogens with zero attached hydrogens (tertiary/aromatic N) is 1. The van der Waals surface area contributed by atoms with Crippen molar-refractivity contribution in [3.8, 4) is 0 Å². The van der Waals surface area contributed by atoms with Crippen LogP contribution in [0.2, 0.25) is 0 Å². The molecule has 1 amide bonds. The summed E-state index contributed by atoms with van der Waals surface area (Å²) in [6.07, 6.45) is -0.0593. The molecule has 2 atom stereocenters. The second kappa shape index (κ2) is 11.6. The molecule has 2 aromatic carbocycles. The summed E-state index contributed by atoms with van der Waals surface area (Å²) < 4.78 is 11.3. The molecule has 166 valence electrons. The topological polar surface area (TPSA) is 67.9 Å². The number of rotatable bonds is 9. The van der Waals surface area contributed by atoms with Gasteiger partial charge in [-0.15, -0.1) is 0 Å². The molecule has 1 saturated heterocycles. The number of benzene rings is 2. The Labute approximate surface area is 184 Å². The van der Waals surface area contributed by atoms with Crippen LogP contribution in [0.1, 0.15) is 42.2 Å². The maximum absolute atomic E-state index is 12.7. The third-order valence-corrected chi connectivity index (χ3v) is 5.19. The van der Waals surface area contributed by atoms with E-state index in [1.54, 1.807) is 12.1 Å². The van der Waals surface area contributed by atoms with E-state index in [1.807, 2.05) is 48.5 Å². The van der Waals surface area contributed by atoms with E-state index in [-0.39, 0.29) is 31.0 Å². The van der Waals surface area contributed by atoms with Gasteiger partial charge in [-0.25, -0.2) is 0 Å². The van der Waals surface area contributed by atoms with Gasteiger partial charge in [-0.3, -0.25) is 14.5 Å². The smallest absolute Gasteiger partial charge is 0.308 e. The summed E-state index contributed by atoms with van der Waals surface area (Å²) in [5.41, 5.74) is 1.42. The van der Waals surface area contributed by atoms with Crippen molar-refractivity contribution in [3.63, 3.8) is 0 Å². The van der Waals surface area contributed by atoms with Crippen molar-refractivity contribution in [2.24, 2.45) is 5.92 Å². The van der Waals surface area contributed by atoms with E-state index in [1.165, 1.54) is 0 Å². The van der Waals surface area contributed by atoms with Gasteiger partial charge in [0.25, 0.3) is 5.91 Å². The average molecular weight is 425 g/mol. The van der Waals surface area contributed by atoms with E-state index in [0.29, 0.717) is 18.1 Å². The first-order chi connectivity index (χ1) is 15.0. The highest BCUT2D eigenvalue weighted by Gasteiger charge is 2.24. The molecule has 0 bridgehead atoms. The molecule has 1 N–H and O–H groups in total. The van der Waals surface area contributed by atoms with Gasteiger partial charge in [-0.1, -0.05) is 62.4 Å². The number of carbonyl (C=O) groups excluding carboxylic acids is 2. The minimum Gasteiger partial charge on any atom is -0.463 e. The predicted octanol–water partition coefficient (Wildman–Crippen LogP) is 3.45. The van der Waals surface area contributed by atoms with Gasteiger partial charge in [0.05, 0.1) is 19.1 Å². The number of ether oxygens (including phenoxy) is 2. The van der Waals surface area contributed by atoms with Crippen LogP contribution in [0.5, 0.6) is 0 Å². The highest BCUT2D eigenvalue weighted by atomic mass is 16.6. The molecular formula is C25H32N2O4. The average Bonchev–Trinajstić information content (AvgIpc) is 2.78. The lowest BCUT2D eigenvalue weighted by Crippen LogP contribution is -2.46.